The summed E-state index contributed by atoms with van der Waals surface area (Å²) in [7, 11) is 0. The molecular formula is C18H18N2O2. The second kappa shape index (κ2) is 6.43. The highest BCUT2D eigenvalue weighted by Crippen LogP contribution is 2.31. The average molecular weight is 294 g/mol. The van der Waals surface area contributed by atoms with Gasteiger partial charge >= 0.3 is 6.03 Å². The minimum Gasteiger partial charge on any atom is -0.317 e. The number of likely N-dealkylation sites (tertiary alicyclic amines) is 1. The van der Waals surface area contributed by atoms with Gasteiger partial charge in [-0.25, -0.2) is 4.79 Å². The first-order valence-electron chi connectivity index (χ1n) is 7.47. The van der Waals surface area contributed by atoms with Gasteiger partial charge in [-0.1, -0.05) is 48.5 Å². The Hall–Kier alpha value is -2.62. The molecule has 0 radical (unpaired) electrons. The quantitative estimate of drug-likeness (QED) is 0.923. The molecule has 0 aromatic heterocycles. The van der Waals surface area contributed by atoms with Crippen molar-refractivity contribution in [1.29, 1.82) is 0 Å². The van der Waals surface area contributed by atoms with Crippen LogP contribution in [0, 0.1) is 0 Å². The van der Waals surface area contributed by atoms with Crippen LogP contribution in [0.25, 0.3) is 0 Å². The second-order valence-electron chi connectivity index (χ2n) is 5.39. The van der Waals surface area contributed by atoms with Crippen molar-refractivity contribution in [2.45, 2.75) is 18.9 Å². The Balaban J connectivity index is 1.70. The summed E-state index contributed by atoms with van der Waals surface area (Å²) in [6.07, 6.45) is 1.88. The number of rotatable bonds is 2. The first kappa shape index (κ1) is 14.3. The zero-order valence-corrected chi connectivity index (χ0v) is 12.2. The lowest BCUT2D eigenvalue weighted by Gasteiger charge is -2.25. The van der Waals surface area contributed by atoms with E-state index in [-0.39, 0.29) is 18.0 Å². The van der Waals surface area contributed by atoms with E-state index in [9.17, 15) is 9.59 Å². The summed E-state index contributed by atoms with van der Waals surface area (Å²) in [5.41, 5.74) is 1.61. The SMILES string of the molecule is O=C(NC(=O)N1CCCC1c1ccccc1)c1ccccc1. The summed E-state index contributed by atoms with van der Waals surface area (Å²) < 4.78 is 0. The number of imide groups is 1. The molecule has 3 rings (SSSR count). The summed E-state index contributed by atoms with van der Waals surface area (Å²) in [5, 5.41) is 2.49. The van der Waals surface area contributed by atoms with Crippen molar-refractivity contribution in [1.82, 2.24) is 10.2 Å². The molecule has 4 nitrogen and oxygen atoms in total. The van der Waals surface area contributed by atoms with E-state index in [2.05, 4.69) is 5.32 Å². The summed E-state index contributed by atoms with van der Waals surface area (Å²) in [6.45, 7) is 0.674. The third-order valence-electron chi connectivity index (χ3n) is 3.95. The van der Waals surface area contributed by atoms with Gasteiger partial charge in [0.05, 0.1) is 6.04 Å². The first-order chi connectivity index (χ1) is 10.8. The third-order valence-corrected chi connectivity index (χ3v) is 3.95. The summed E-state index contributed by atoms with van der Waals surface area (Å²) in [5.74, 6) is -0.357. The van der Waals surface area contributed by atoms with Crippen molar-refractivity contribution in [3.63, 3.8) is 0 Å². The van der Waals surface area contributed by atoms with Gasteiger partial charge in [0.15, 0.2) is 0 Å². The normalized spacial score (nSPS) is 17.3. The molecule has 1 heterocycles. The fourth-order valence-corrected chi connectivity index (χ4v) is 2.86. The first-order valence-corrected chi connectivity index (χ1v) is 7.47. The third kappa shape index (κ3) is 3.01. The summed E-state index contributed by atoms with van der Waals surface area (Å²) in [6, 6.07) is 18.5. The molecular weight excluding hydrogens is 276 g/mol. The Labute approximate surface area is 129 Å². The second-order valence-corrected chi connectivity index (χ2v) is 5.39. The molecule has 22 heavy (non-hydrogen) atoms. The number of nitrogens with one attached hydrogen (secondary N) is 1. The van der Waals surface area contributed by atoms with Crippen molar-refractivity contribution >= 4 is 11.9 Å². The highest BCUT2D eigenvalue weighted by molar-refractivity contribution is 6.04. The van der Waals surface area contributed by atoms with Gasteiger partial charge in [0.2, 0.25) is 0 Å². The van der Waals surface area contributed by atoms with Gasteiger partial charge in [0.25, 0.3) is 5.91 Å². The summed E-state index contributed by atoms with van der Waals surface area (Å²) in [4.78, 5) is 26.2. The van der Waals surface area contributed by atoms with E-state index < -0.39 is 0 Å². The molecule has 0 spiro atoms. The summed E-state index contributed by atoms with van der Waals surface area (Å²) >= 11 is 0. The minimum absolute atomic E-state index is 0.0461. The lowest BCUT2D eigenvalue weighted by atomic mass is 10.1. The lowest BCUT2D eigenvalue weighted by molar-refractivity contribution is 0.0950. The molecule has 1 saturated heterocycles. The molecule has 2 aromatic carbocycles. The molecule has 0 bridgehead atoms. The number of carbonyl (C=O) groups is 2. The Morgan fingerprint density at radius 3 is 2.27 bits per heavy atom. The molecule has 112 valence electrons. The molecule has 1 fully saturated rings. The Kier molecular flexibility index (Phi) is 4.19. The molecule has 1 aliphatic rings. The van der Waals surface area contributed by atoms with Crippen LogP contribution in [0.15, 0.2) is 60.7 Å². The van der Waals surface area contributed by atoms with E-state index in [0.717, 1.165) is 18.4 Å². The van der Waals surface area contributed by atoms with Gasteiger partial charge in [0, 0.05) is 12.1 Å². The number of amides is 3. The Bertz CT molecular complexity index is 655. The highest BCUT2D eigenvalue weighted by atomic mass is 16.2. The van der Waals surface area contributed by atoms with Gasteiger partial charge in [-0.15, -0.1) is 0 Å². The van der Waals surface area contributed by atoms with E-state index in [0.29, 0.717) is 12.1 Å². The van der Waals surface area contributed by atoms with Gasteiger partial charge in [-0.3, -0.25) is 10.1 Å². The molecule has 1 atom stereocenters. The number of carbonyl (C=O) groups excluding carboxylic acids is 2. The van der Waals surface area contributed by atoms with Crippen molar-refractivity contribution in [2.24, 2.45) is 0 Å². The maximum absolute atomic E-state index is 12.4. The van der Waals surface area contributed by atoms with Crippen LogP contribution in [0.3, 0.4) is 0 Å². The maximum Gasteiger partial charge on any atom is 0.324 e. The van der Waals surface area contributed by atoms with Gasteiger partial charge in [0.1, 0.15) is 0 Å². The Morgan fingerprint density at radius 2 is 1.59 bits per heavy atom. The van der Waals surface area contributed by atoms with Crippen molar-refractivity contribution < 1.29 is 9.59 Å². The monoisotopic (exact) mass is 294 g/mol. The average Bonchev–Trinajstić information content (AvgIpc) is 3.06. The fourth-order valence-electron chi connectivity index (χ4n) is 2.86. The van der Waals surface area contributed by atoms with Gasteiger partial charge < -0.3 is 4.90 Å². The van der Waals surface area contributed by atoms with E-state index >= 15 is 0 Å². The lowest BCUT2D eigenvalue weighted by Crippen LogP contribution is -2.42. The number of hydrogen-bond donors (Lipinski definition) is 1. The zero-order chi connectivity index (χ0) is 15.4. The molecule has 3 amide bonds. The van der Waals surface area contributed by atoms with Crippen LogP contribution in [-0.2, 0) is 0 Å². The Morgan fingerprint density at radius 1 is 0.955 bits per heavy atom. The van der Waals surface area contributed by atoms with Crippen LogP contribution < -0.4 is 5.32 Å². The number of nitrogens with zero attached hydrogens (tertiary/aromatic N) is 1. The largest absolute Gasteiger partial charge is 0.324 e. The predicted octanol–water partition coefficient (Wildman–Crippen LogP) is 3.37. The number of urea groups is 1. The molecule has 1 aliphatic heterocycles. The van der Waals surface area contributed by atoms with Crippen LogP contribution in [0.2, 0.25) is 0 Å². The van der Waals surface area contributed by atoms with Crippen LogP contribution in [-0.4, -0.2) is 23.4 Å². The van der Waals surface area contributed by atoms with Gasteiger partial charge in [-0.05, 0) is 30.5 Å². The molecule has 1 N–H and O–H groups in total. The molecule has 1 unspecified atom stereocenters. The standard InChI is InChI=1S/C18H18N2O2/c21-17(15-10-5-2-6-11-15)19-18(22)20-13-7-12-16(20)14-8-3-1-4-9-14/h1-6,8-11,16H,7,12-13H2,(H,19,21,22). The van der Waals surface area contributed by atoms with Crippen molar-refractivity contribution in [3.8, 4) is 0 Å². The van der Waals surface area contributed by atoms with E-state index in [1.165, 1.54) is 0 Å². The zero-order valence-electron chi connectivity index (χ0n) is 12.2. The smallest absolute Gasteiger partial charge is 0.317 e. The molecule has 4 heteroatoms. The fraction of sp³-hybridized carbons (Fsp3) is 0.222. The minimum atomic E-state index is -0.357. The highest BCUT2D eigenvalue weighted by Gasteiger charge is 2.30. The molecule has 0 aliphatic carbocycles. The predicted molar refractivity (Wildman–Crippen MR) is 84.4 cm³/mol. The van der Waals surface area contributed by atoms with Crippen LogP contribution in [0.1, 0.15) is 34.8 Å². The van der Waals surface area contributed by atoms with Crippen LogP contribution >= 0.6 is 0 Å². The van der Waals surface area contributed by atoms with E-state index in [4.69, 9.17) is 0 Å². The van der Waals surface area contributed by atoms with Crippen molar-refractivity contribution in [3.05, 3.63) is 71.8 Å². The molecule has 0 saturated carbocycles. The maximum atomic E-state index is 12.4. The van der Waals surface area contributed by atoms with Gasteiger partial charge in [-0.2, -0.15) is 0 Å². The van der Waals surface area contributed by atoms with Crippen molar-refractivity contribution in [2.75, 3.05) is 6.54 Å². The van der Waals surface area contributed by atoms with E-state index in [1.54, 1.807) is 29.2 Å². The van der Waals surface area contributed by atoms with Crippen LogP contribution in [0.4, 0.5) is 4.79 Å². The van der Waals surface area contributed by atoms with E-state index in [1.807, 2.05) is 36.4 Å². The topological polar surface area (TPSA) is 49.4 Å². The van der Waals surface area contributed by atoms with Crippen LogP contribution in [0.5, 0.6) is 0 Å². The molecule has 2 aromatic rings. The number of hydrogen-bond acceptors (Lipinski definition) is 2. The number of benzene rings is 2.